The number of carbonyl (C=O) groups excluding carboxylic acids is 1. The van der Waals surface area contributed by atoms with Crippen LogP contribution in [0, 0.1) is 5.92 Å². The van der Waals surface area contributed by atoms with Crippen molar-refractivity contribution in [2.45, 2.75) is 25.8 Å². The summed E-state index contributed by atoms with van der Waals surface area (Å²) in [6.07, 6.45) is 3.59. The van der Waals surface area contributed by atoms with Crippen LogP contribution < -0.4 is 16.4 Å². The van der Waals surface area contributed by atoms with E-state index < -0.39 is 0 Å². The van der Waals surface area contributed by atoms with Gasteiger partial charge in [0.1, 0.15) is 0 Å². The summed E-state index contributed by atoms with van der Waals surface area (Å²) in [7, 11) is 0. The monoisotopic (exact) mass is 284 g/mol. The molecule has 2 aromatic rings. The molecule has 4 N–H and O–H groups in total. The van der Waals surface area contributed by atoms with E-state index in [0.29, 0.717) is 18.3 Å². The highest BCUT2D eigenvalue weighted by Gasteiger charge is 2.29. The van der Waals surface area contributed by atoms with Crippen molar-refractivity contribution in [1.29, 1.82) is 0 Å². The molecule has 1 amide bonds. The zero-order chi connectivity index (χ0) is 15.0. The molecule has 5 nitrogen and oxygen atoms in total. The number of primary amides is 1. The first-order chi connectivity index (χ1) is 10.1. The third-order valence-electron chi connectivity index (χ3n) is 4.37. The number of nitrogens with zero attached hydrogens (tertiary/aromatic N) is 2. The number of nitrogen functional groups attached to an aromatic ring is 1. The normalized spacial score (nSPS) is 22.4. The van der Waals surface area contributed by atoms with Crippen LogP contribution >= 0.6 is 0 Å². The number of hydrogen-bond donors (Lipinski definition) is 2. The number of benzene rings is 1. The number of para-hydroxylation sites is 1. The van der Waals surface area contributed by atoms with Gasteiger partial charge in [0.2, 0.25) is 5.91 Å². The van der Waals surface area contributed by atoms with E-state index in [1.807, 2.05) is 24.3 Å². The van der Waals surface area contributed by atoms with E-state index in [2.05, 4.69) is 16.8 Å². The Labute approximate surface area is 123 Å². The summed E-state index contributed by atoms with van der Waals surface area (Å²) in [5.74, 6) is -0.310. The Morgan fingerprint density at radius 2 is 2.14 bits per heavy atom. The Morgan fingerprint density at radius 3 is 2.90 bits per heavy atom. The van der Waals surface area contributed by atoms with Crippen LogP contribution in [-0.2, 0) is 4.79 Å². The first-order valence-electron chi connectivity index (χ1n) is 7.27. The fourth-order valence-electron chi connectivity index (χ4n) is 3.11. The van der Waals surface area contributed by atoms with Crippen LogP contribution in [0.2, 0.25) is 0 Å². The number of hydrogen-bond acceptors (Lipinski definition) is 4. The second kappa shape index (κ2) is 5.24. The van der Waals surface area contributed by atoms with Crippen LogP contribution in [0.25, 0.3) is 10.9 Å². The van der Waals surface area contributed by atoms with Crippen molar-refractivity contribution in [1.82, 2.24) is 4.98 Å². The molecule has 1 aliphatic heterocycles. The average Bonchev–Trinajstić information content (AvgIpc) is 2.47. The van der Waals surface area contributed by atoms with Crippen molar-refractivity contribution in [3.05, 3.63) is 30.5 Å². The Morgan fingerprint density at radius 1 is 1.33 bits per heavy atom. The minimum absolute atomic E-state index is 0.0922. The van der Waals surface area contributed by atoms with E-state index in [0.717, 1.165) is 29.4 Å². The van der Waals surface area contributed by atoms with Crippen molar-refractivity contribution < 1.29 is 4.79 Å². The number of rotatable bonds is 2. The highest BCUT2D eigenvalue weighted by molar-refractivity contribution is 5.98. The molecule has 2 unspecified atom stereocenters. The maximum Gasteiger partial charge on any atom is 0.222 e. The van der Waals surface area contributed by atoms with E-state index in [9.17, 15) is 4.79 Å². The molecule has 0 saturated carbocycles. The quantitative estimate of drug-likeness (QED) is 0.825. The summed E-state index contributed by atoms with van der Waals surface area (Å²) in [4.78, 5) is 18.1. The number of fused-ring (bicyclic) bond motifs is 1. The average molecular weight is 284 g/mol. The van der Waals surface area contributed by atoms with Crippen LogP contribution in [0.3, 0.4) is 0 Å². The lowest BCUT2D eigenvalue weighted by Crippen LogP contribution is -2.46. The molecule has 1 aromatic heterocycles. The minimum atomic E-state index is -0.218. The van der Waals surface area contributed by atoms with Crippen molar-refractivity contribution >= 4 is 28.2 Å². The predicted molar refractivity (Wildman–Crippen MR) is 84.9 cm³/mol. The Balaban J connectivity index is 2.06. The third-order valence-corrected chi connectivity index (χ3v) is 4.37. The molecule has 21 heavy (non-hydrogen) atoms. The van der Waals surface area contributed by atoms with Crippen molar-refractivity contribution in [2.24, 2.45) is 11.7 Å². The first-order valence-corrected chi connectivity index (χ1v) is 7.27. The van der Waals surface area contributed by atoms with Gasteiger partial charge < -0.3 is 16.4 Å². The molecule has 0 aliphatic carbocycles. The molecule has 0 bridgehead atoms. The van der Waals surface area contributed by atoms with Gasteiger partial charge in [-0.1, -0.05) is 12.1 Å². The van der Waals surface area contributed by atoms with E-state index >= 15 is 0 Å². The van der Waals surface area contributed by atoms with Gasteiger partial charge in [-0.3, -0.25) is 9.78 Å². The summed E-state index contributed by atoms with van der Waals surface area (Å²) < 4.78 is 0. The smallest absolute Gasteiger partial charge is 0.222 e. The third kappa shape index (κ3) is 2.39. The van der Waals surface area contributed by atoms with E-state index in [1.165, 1.54) is 0 Å². The van der Waals surface area contributed by atoms with Gasteiger partial charge in [-0.05, 0) is 31.9 Å². The predicted octanol–water partition coefficient (Wildman–Crippen LogP) is 1.91. The standard InChI is InChI=1S/C16H20N4O/c1-10-5-6-11(16(18)21)9-20(10)14-7-8-19-15-12(14)3-2-4-13(15)17/h2-4,7-8,10-11H,5-6,9,17H2,1H3,(H2,18,21). The second-order valence-corrected chi connectivity index (χ2v) is 5.75. The minimum Gasteiger partial charge on any atom is -0.397 e. The van der Waals surface area contributed by atoms with E-state index in [1.54, 1.807) is 6.20 Å². The zero-order valence-electron chi connectivity index (χ0n) is 12.1. The Hall–Kier alpha value is -2.30. The van der Waals surface area contributed by atoms with Gasteiger partial charge in [-0.15, -0.1) is 0 Å². The molecule has 1 aromatic carbocycles. The van der Waals surface area contributed by atoms with Gasteiger partial charge in [0.05, 0.1) is 17.1 Å². The van der Waals surface area contributed by atoms with Crippen LogP contribution in [0.5, 0.6) is 0 Å². The number of anilines is 2. The number of carbonyl (C=O) groups is 1. The lowest BCUT2D eigenvalue weighted by atomic mass is 9.92. The van der Waals surface area contributed by atoms with Gasteiger partial charge >= 0.3 is 0 Å². The summed E-state index contributed by atoms with van der Waals surface area (Å²) in [5, 5.41) is 1.02. The molecule has 1 fully saturated rings. The molecule has 2 heterocycles. The molecular formula is C16H20N4O. The molecule has 0 spiro atoms. The van der Waals surface area contributed by atoms with Crippen LogP contribution in [0.4, 0.5) is 11.4 Å². The lowest BCUT2D eigenvalue weighted by molar-refractivity contribution is -0.122. The SMILES string of the molecule is CC1CCC(C(N)=O)CN1c1ccnc2c(N)cccc12. The molecule has 3 rings (SSSR count). The number of pyridine rings is 1. The van der Waals surface area contributed by atoms with Crippen LogP contribution in [0.1, 0.15) is 19.8 Å². The first kappa shape index (κ1) is 13.7. The maximum absolute atomic E-state index is 11.5. The van der Waals surface area contributed by atoms with Crippen molar-refractivity contribution in [2.75, 3.05) is 17.2 Å². The van der Waals surface area contributed by atoms with Gasteiger partial charge in [-0.2, -0.15) is 0 Å². The zero-order valence-corrected chi connectivity index (χ0v) is 12.1. The Kier molecular flexibility index (Phi) is 3.41. The number of piperidine rings is 1. The molecule has 110 valence electrons. The fourth-order valence-corrected chi connectivity index (χ4v) is 3.11. The van der Waals surface area contributed by atoms with Crippen LogP contribution in [0.15, 0.2) is 30.5 Å². The topological polar surface area (TPSA) is 85.2 Å². The molecule has 1 saturated heterocycles. The van der Waals surface area contributed by atoms with E-state index in [-0.39, 0.29) is 11.8 Å². The molecule has 1 aliphatic rings. The highest BCUT2D eigenvalue weighted by Crippen LogP contribution is 2.33. The summed E-state index contributed by atoms with van der Waals surface area (Å²) >= 11 is 0. The summed E-state index contributed by atoms with van der Waals surface area (Å²) in [6, 6.07) is 8.16. The van der Waals surface area contributed by atoms with Gasteiger partial charge in [0.25, 0.3) is 0 Å². The number of nitrogens with two attached hydrogens (primary N) is 2. The number of aromatic nitrogens is 1. The maximum atomic E-state index is 11.5. The van der Waals surface area contributed by atoms with Crippen LogP contribution in [-0.4, -0.2) is 23.5 Å². The van der Waals surface area contributed by atoms with Crippen molar-refractivity contribution in [3.8, 4) is 0 Å². The summed E-state index contributed by atoms with van der Waals surface area (Å²) in [5.41, 5.74) is 14.1. The summed E-state index contributed by atoms with van der Waals surface area (Å²) in [6.45, 7) is 2.83. The second-order valence-electron chi connectivity index (χ2n) is 5.75. The lowest BCUT2D eigenvalue weighted by Gasteiger charge is -2.39. The van der Waals surface area contributed by atoms with E-state index in [4.69, 9.17) is 11.5 Å². The largest absolute Gasteiger partial charge is 0.397 e. The fraction of sp³-hybridized carbons (Fsp3) is 0.375. The van der Waals surface area contributed by atoms with Gasteiger partial charge in [0, 0.05) is 29.9 Å². The molecule has 0 radical (unpaired) electrons. The van der Waals surface area contributed by atoms with Gasteiger partial charge in [0.15, 0.2) is 0 Å². The molecule has 2 atom stereocenters. The molecular weight excluding hydrogens is 264 g/mol. The number of amides is 1. The van der Waals surface area contributed by atoms with Crippen molar-refractivity contribution in [3.63, 3.8) is 0 Å². The highest BCUT2D eigenvalue weighted by atomic mass is 16.1. The Bertz CT molecular complexity index is 685. The van der Waals surface area contributed by atoms with Gasteiger partial charge in [-0.25, -0.2) is 0 Å². The molecule has 5 heteroatoms.